The fourth-order valence-electron chi connectivity index (χ4n) is 3.57. The molecule has 1 heterocycles. The topological polar surface area (TPSA) is 147 Å². The minimum Gasteiger partial charge on any atom is -0.384 e. The zero-order valence-electron chi connectivity index (χ0n) is 18.4. The van der Waals surface area contributed by atoms with Crippen LogP contribution in [0.25, 0.3) is 10.2 Å². The Hall–Kier alpha value is -3.31. The molecule has 3 aromatic carbocycles. The number of hydrogen-bond acceptors (Lipinski definition) is 7. The first-order chi connectivity index (χ1) is 16.4. The zero-order valence-corrected chi connectivity index (χ0v) is 20.0. The van der Waals surface area contributed by atoms with Gasteiger partial charge >= 0.3 is 0 Å². The third-order valence-corrected chi connectivity index (χ3v) is 7.82. The Bertz CT molecular complexity index is 1380. The second-order valence-corrected chi connectivity index (χ2v) is 10.5. The molecule has 176 valence electrons. The van der Waals surface area contributed by atoms with Gasteiger partial charge in [-0.05, 0) is 48.4 Å². The summed E-state index contributed by atoms with van der Waals surface area (Å²) in [5, 5.41) is 11.5. The number of nitrogens with one attached hydrogen (secondary N) is 3. The van der Waals surface area contributed by atoms with Crippen LogP contribution in [0.3, 0.4) is 0 Å². The van der Waals surface area contributed by atoms with Crippen LogP contribution in [0.4, 0.5) is 5.69 Å². The smallest absolute Gasteiger partial charge is 0.241 e. The van der Waals surface area contributed by atoms with Crippen LogP contribution < -0.4 is 21.5 Å². The molecule has 0 radical (unpaired) electrons. The van der Waals surface area contributed by atoms with Gasteiger partial charge in [0, 0.05) is 24.3 Å². The summed E-state index contributed by atoms with van der Waals surface area (Å²) in [5.74, 6) is -0.0410. The van der Waals surface area contributed by atoms with E-state index in [2.05, 4.69) is 10.0 Å². The summed E-state index contributed by atoms with van der Waals surface area (Å²) in [6, 6.07) is 21.0. The van der Waals surface area contributed by atoms with Crippen molar-refractivity contribution in [3.05, 3.63) is 88.9 Å². The molecule has 1 atom stereocenters. The van der Waals surface area contributed by atoms with Crippen molar-refractivity contribution in [3.63, 3.8) is 0 Å². The van der Waals surface area contributed by atoms with Gasteiger partial charge in [-0.3, -0.25) is 5.41 Å². The summed E-state index contributed by atoms with van der Waals surface area (Å²) >= 11 is 1.45. The standard InChI is InChI=1S/C24H26N6O2S2/c25-11-12-28-18-7-4-8-19(15-18)34(31,32)30-21(14-16-5-3-6-17(13-16)23(26)27)24-29-20-9-1-2-10-22(20)33-24/h1-10,13,15,21,28,30H,11-12,14,25H2,(H3,26,27). The number of thiazole rings is 1. The molecule has 4 rings (SSSR count). The van der Waals surface area contributed by atoms with Crippen LogP contribution in [-0.4, -0.2) is 32.3 Å². The molecule has 10 heteroatoms. The predicted molar refractivity (Wildman–Crippen MR) is 138 cm³/mol. The zero-order chi connectivity index (χ0) is 24.1. The van der Waals surface area contributed by atoms with E-state index in [1.165, 1.54) is 11.3 Å². The van der Waals surface area contributed by atoms with Crippen LogP contribution >= 0.6 is 11.3 Å². The van der Waals surface area contributed by atoms with Crippen LogP contribution in [0.1, 0.15) is 22.2 Å². The lowest BCUT2D eigenvalue weighted by Crippen LogP contribution is -2.30. The summed E-state index contributed by atoms with van der Waals surface area (Å²) in [6.45, 7) is 0.978. The molecule has 0 aliphatic heterocycles. The van der Waals surface area contributed by atoms with Crippen molar-refractivity contribution in [1.82, 2.24) is 9.71 Å². The Labute approximate surface area is 202 Å². The minimum absolute atomic E-state index is 0.0410. The molecule has 0 aliphatic rings. The fourth-order valence-corrected chi connectivity index (χ4v) is 5.90. The number of para-hydroxylation sites is 1. The van der Waals surface area contributed by atoms with Crippen LogP contribution in [0, 0.1) is 5.41 Å². The van der Waals surface area contributed by atoms with Gasteiger partial charge in [-0.2, -0.15) is 0 Å². The third kappa shape index (κ3) is 5.60. The van der Waals surface area contributed by atoms with E-state index in [1.807, 2.05) is 36.4 Å². The SMILES string of the molecule is N=C(N)c1cccc(CC(NS(=O)(=O)c2cccc(NCCN)c2)c2nc3ccccc3s2)c1. The number of anilines is 1. The minimum atomic E-state index is -3.86. The maximum atomic E-state index is 13.4. The van der Waals surface area contributed by atoms with Crippen LogP contribution in [0.15, 0.2) is 77.7 Å². The van der Waals surface area contributed by atoms with E-state index in [0.29, 0.717) is 35.8 Å². The number of fused-ring (bicyclic) bond motifs is 1. The first-order valence-electron chi connectivity index (χ1n) is 10.7. The van der Waals surface area contributed by atoms with Gasteiger partial charge in [0.05, 0.1) is 21.2 Å². The van der Waals surface area contributed by atoms with E-state index in [1.54, 1.807) is 36.4 Å². The van der Waals surface area contributed by atoms with Gasteiger partial charge in [0.25, 0.3) is 0 Å². The molecular weight excluding hydrogens is 468 g/mol. The monoisotopic (exact) mass is 494 g/mol. The van der Waals surface area contributed by atoms with Crippen molar-refractivity contribution in [2.24, 2.45) is 11.5 Å². The Morgan fingerprint density at radius 2 is 1.85 bits per heavy atom. The van der Waals surface area contributed by atoms with Gasteiger partial charge in [-0.25, -0.2) is 18.1 Å². The maximum Gasteiger partial charge on any atom is 0.241 e. The Morgan fingerprint density at radius 3 is 2.62 bits per heavy atom. The molecule has 0 aliphatic carbocycles. The predicted octanol–water partition coefficient (Wildman–Crippen LogP) is 3.21. The van der Waals surface area contributed by atoms with Gasteiger partial charge < -0.3 is 16.8 Å². The highest BCUT2D eigenvalue weighted by atomic mass is 32.2. The molecule has 1 unspecified atom stereocenters. The first kappa shape index (κ1) is 23.8. The lowest BCUT2D eigenvalue weighted by Gasteiger charge is -2.18. The molecule has 7 N–H and O–H groups in total. The quantitative estimate of drug-likeness (QED) is 0.169. The average Bonchev–Trinajstić information content (AvgIpc) is 3.27. The molecule has 0 fully saturated rings. The van der Waals surface area contributed by atoms with Crippen molar-refractivity contribution in [1.29, 1.82) is 5.41 Å². The molecule has 0 spiro atoms. The van der Waals surface area contributed by atoms with Crippen molar-refractivity contribution < 1.29 is 8.42 Å². The van der Waals surface area contributed by atoms with Gasteiger partial charge in [0.15, 0.2) is 0 Å². The third-order valence-electron chi connectivity index (χ3n) is 5.20. The van der Waals surface area contributed by atoms with Gasteiger partial charge in [0.2, 0.25) is 10.0 Å². The van der Waals surface area contributed by atoms with Crippen LogP contribution in [0.2, 0.25) is 0 Å². The molecule has 0 saturated heterocycles. The number of rotatable bonds is 10. The summed E-state index contributed by atoms with van der Waals surface area (Å²) in [7, 11) is -3.86. The number of amidine groups is 1. The number of nitrogen functional groups attached to an aromatic ring is 1. The van der Waals surface area contributed by atoms with Gasteiger partial charge in [0.1, 0.15) is 10.8 Å². The highest BCUT2D eigenvalue weighted by Crippen LogP contribution is 2.30. The largest absolute Gasteiger partial charge is 0.384 e. The summed E-state index contributed by atoms with van der Waals surface area (Å²) < 4.78 is 30.6. The van der Waals surface area contributed by atoms with Crippen molar-refractivity contribution in [2.75, 3.05) is 18.4 Å². The molecule has 1 aromatic heterocycles. The normalized spacial score (nSPS) is 12.5. The number of hydrogen-bond donors (Lipinski definition) is 5. The maximum absolute atomic E-state index is 13.4. The Morgan fingerprint density at radius 1 is 1.06 bits per heavy atom. The molecule has 34 heavy (non-hydrogen) atoms. The molecule has 8 nitrogen and oxygen atoms in total. The van der Waals surface area contributed by atoms with Gasteiger partial charge in [-0.15, -0.1) is 11.3 Å². The van der Waals surface area contributed by atoms with E-state index >= 15 is 0 Å². The molecule has 4 aromatic rings. The summed E-state index contributed by atoms with van der Waals surface area (Å²) in [6.07, 6.45) is 0.352. The second kappa shape index (κ2) is 10.3. The second-order valence-electron chi connectivity index (χ2n) is 7.76. The van der Waals surface area contributed by atoms with Crippen molar-refractivity contribution >= 4 is 43.1 Å². The number of benzene rings is 3. The Kier molecular flexibility index (Phi) is 7.23. The van der Waals surface area contributed by atoms with E-state index in [4.69, 9.17) is 21.9 Å². The van der Waals surface area contributed by atoms with E-state index < -0.39 is 16.1 Å². The van der Waals surface area contributed by atoms with Gasteiger partial charge in [-0.1, -0.05) is 36.4 Å². The lowest BCUT2D eigenvalue weighted by atomic mass is 10.0. The molecular formula is C24H26N6O2S2. The van der Waals surface area contributed by atoms with E-state index in [0.717, 1.165) is 15.8 Å². The number of aromatic nitrogens is 1. The molecule has 0 bridgehead atoms. The average molecular weight is 495 g/mol. The highest BCUT2D eigenvalue weighted by molar-refractivity contribution is 7.89. The number of nitrogens with zero attached hydrogens (tertiary/aromatic N) is 1. The number of nitrogens with two attached hydrogens (primary N) is 2. The molecule has 0 saturated carbocycles. The first-order valence-corrected chi connectivity index (χ1v) is 13.0. The summed E-state index contributed by atoms with van der Waals surface area (Å²) in [4.78, 5) is 4.85. The lowest BCUT2D eigenvalue weighted by molar-refractivity contribution is 0.554. The number of sulfonamides is 1. The fraction of sp³-hybridized carbons (Fsp3) is 0.167. The van der Waals surface area contributed by atoms with Crippen LogP contribution in [0.5, 0.6) is 0 Å². The summed E-state index contributed by atoms with van der Waals surface area (Å²) in [5.41, 5.74) is 14.1. The van der Waals surface area contributed by atoms with Crippen molar-refractivity contribution in [2.45, 2.75) is 17.4 Å². The van der Waals surface area contributed by atoms with E-state index in [-0.39, 0.29) is 10.7 Å². The van der Waals surface area contributed by atoms with Crippen molar-refractivity contribution in [3.8, 4) is 0 Å². The van der Waals surface area contributed by atoms with Crippen LogP contribution in [-0.2, 0) is 16.4 Å². The molecule has 0 amide bonds. The Balaban J connectivity index is 1.69. The van der Waals surface area contributed by atoms with E-state index in [9.17, 15) is 8.42 Å². The highest BCUT2D eigenvalue weighted by Gasteiger charge is 2.25.